The number of amides is 3. The van der Waals surface area contributed by atoms with Gasteiger partial charge in [-0.2, -0.15) is 0 Å². The van der Waals surface area contributed by atoms with Crippen LogP contribution in [0.25, 0.3) is 0 Å². The van der Waals surface area contributed by atoms with Gasteiger partial charge >= 0.3 is 6.03 Å². The van der Waals surface area contributed by atoms with Crippen molar-refractivity contribution in [2.24, 2.45) is 0 Å². The third-order valence-electron chi connectivity index (χ3n) is 2.54. The third-order valence-corrected chi connectivity index (χ3v) is 2.54. The Morgan fingerprint density at radius 2 is 2.27 bits per heavy atom. The van der Waals surface area contributed by atoms with E-state index in [2.05, 4.69) is 10.6 Å². The quantitative estimate of drug-likeness (QED) is 0.558. The highest BCUT2D eigenvalue weighted by Crippen LogP contribution is 2.15. The van der Waals surface area contributed by atoms with Crippen molar-refractivity contribution in [3.63, 3.8) is 0 Å². The molecule has 1 unspecified atom stereocenters. The van der Waals surface area contributed by atoms with E-state index in [1.165, 1.54) is 7.05 Å². The van der Waals surface area contributed by atoms with Crippen molar-refractivity contribution in [1.82, 2.24) is 15.5 Å². The minimum atomic E-state index is -0.500. The molecule has 1 saturated heterocycles. The van der Waals surface area contributed by atoms with E-state index in [-0.39, 0.29) is 25.1 Å². The largest absolute Gasteiger partial charge is 0.395 e. The SMILES string of the molecule is CNC(=O)NC(=O)CN1CCCC1CO. The monoisotopic (exact) mass is 215 g/mol. The second-order valence-corrected chi connectivity index (χ2v) is 3.58. The highest BCUT2D eigenvalue weighted by atomic mass is 16.3. The number of nitrogens with zero attached hydrogens (tertiary/aromatic N) is 1. The summed E-state index contributed by atoms with van der Waals surface area (Å²) in [7, 11) is 1.45. The fourth-order valence-corrected chi connectivity index (χ4v) is 1.72. The van der Waals surface area contributed by atoms with Crippen LogP contribution >= 0.6 is 0 Å². The highest BCUT2D eigenvalue weighted by molar-refractivity contribution is 5.95. The van der Waals surface area contributed by atoms with Crippen molar-refractivity contribution >= 4 is 11.9 Å². The van der Waals surface area contributed by atoms with Crippen LogP contribution in [0, 0.1) is 0 Å². The third kappa shape index (κ3) is 3.49. The average Bonchev–Trinajstić information content (AvgIpc) is 2.64. The van der Waals surface area contributed by atoms with Crippen molar-refractivity contribution in [1.29, 1.82) is 0 Å². The minimum absolute atomic E-state index is 0.0560. The summed E-state index contributed by atoms with van der Waals surface area (Å²) in [5.74, 6) is -0.338. The maximum Gasteiger partial charge on any atom is 0.321 e. The molecule has 0 aromatic rings. The zero-order valence-electron chi connectivity index (χ0n) is 8.82. The Morgan fingerprint density at radius 3 is 2.87 bits per heavy atom. The van der Waals surface area contributed by atoms with Crippen molar-refractivity contribution in [2.45, 2.75) is 18.9 Å². The van der Waals surface area contributed by atoms with Crippen LogP contribution in [0.15, 0.2) is 0 Å². The molecule has 0 aliphatic carbocycles. The standard InChI is InChI=1S/C9H17N3O3/c1-10-9(15)11-8(14)5-12-4-2-3-7(12)6-13/h7,13H,2-6H2,1H3,(H2,10,11,14,15). The summed E-state index contributed by atoms with van der Waals surface area (Å²) in [5, 5.41) is 13.5. The first-order valence-electron chi connectivity index (χ1n) is 5.04. The molecule has 1 atom stereocenters. The van der Waals surface area contributed by atoms with Gasteiger partial charge in [0.25, 0.3) is 0 Å². The fraction of sp³-hybridized carbons (Fsp3) is 0.778. The molecule has 6 heteroatoms. The van der Waals surface area contributed by atoms with Gasteiger partial charge in [-0.15, -0.1) is 0 Å². The van der Waals surface area contributed by atoms with E-state index >= 15 is 0 Å². The van der Waals surface area contributed by atoms with Crippen LogP contribution in [0.3, 0.4) is 0 Å². The van der Waals surface area contributed by atoms with E-state index in [1.54, 1.807) is 0 Å². The van der Waals surface area contributed by atoms with E-state index in [1.807, 2.05) is 4.90 Å². The van der Waals surface area contributed by atoms with Gasteiger partial charge in [-0.1, -0.05) is 0 Å². The van der Waals surface area contributed by atoms with Crippen molar-refractivity contribution in [3.8, 4) is 0 Å². The fourth-order valence-electron chi connectivity index (χ4n) is 1.72. The van der Waals surface area contributed by atoms with Crippen LogP contribution in [0.2, 0.25) is 0 Å². The number of aliphatic hydroxyl groups excluding tert-OH is 1. The first-order valence-corrected chi connectivity index (χ1v) is 5.04. The van der Waals surface area contributed by atoms with Gasteiger partial charge in [0.15, 0.2) is 0 Å². The highest BCUT2D eigenvalue weighted by Gasteiger charge is 2.25. The Hall–Kier alpha value is -1.14. The predicted molar refractivity (Wildman–Crippen MR) is 54.3 cm³/mol. The summed E-state index contributed by atoms with van der Waals surface area (Å²) < 4.78 is 0. The topological polar surface area (TPSA) is 81.7 Å². The molecule has 1 aliphatic heterocycles. The second-order valence-electron chi connectivity index (χ2n) is 3.58. The number of carbonyl (C=O) groups is 2. The van der Waals surface area contributed by atoms with E-state index in [9.17, 15) is 9.59 Å². The smallest absolute Gasteiger partial charge is 0.321 e. The van der Waals surface area contributed by atoms with Gasteiger partial charge in [0.1, 0.15) is 0 Å². The number of rotatable bonds is 3. The Morgan fingerprint density at radius 1 is 1.53 bits per heavy atom. The van der Waals surface area contributed by atoms with E-state index in [0.717, 1.165) is 19.4 Å². The number of hydrogen-bond donors (Lipinski definition) is 3. The predicted octanol–water partition coefficient (Wildman–Crippen LogP) is -1.10. The van der Waals surface area contributed by atoms with Crippen LogP contribution in [0.5, 0.6) is 0 Å². The molecule has 0 spiro atoms. The average molecular weight is 215 g/mol. The van der Waals surface area contributed by atoms with Crippen molar-refractivity contribution in [2.75, 3.05) is 26.7 Å². The molecule has 86 valence electrons. The van der Waals surface area contributed by atoms with E-state index < -0.39 is 6.03 Å². The molecule has 3 amide bonds. The first-order chi connectivity index (χ1) is 7.17. The van der Waals surface area contributed by atoms with Crippen LogP contribution in [-0.2, 0) is 4.79 Å². The van der Waals surface area contributed by atoms with Gasteiger partial charge in [0.05, 0.1) is 13.2 Å². The first kappa shape index (κ1) is 11.9. The van der Waals surface area contributed by atoms with Gasteiger partial charge in [0, 0.05) is 13.1 Å². The minimum Gasteiger partial charge on any atom is -0.395 e. The van der Waals surface area contributed by atoms with E-state index in [0.29, 0.717) is 0 Å². The Balaban J connectivity index is 2.34. The number of hydrogen-bond acceptors (Lipinski definition) is 4. The number of urea groups is 1. The molecule has 0 aromatic carbocycles. The second kappa shape index (κ2) is 5.67. The van der Waals surface area contributed by atoms with Crippen LogP contribution in [-0.4, -0.2) is 54.7 Å². The van der Waals surface area contributed by atoms with Crippen LogP contribution in [0.4, 0.5) is 4.79 Å². The normalized spacial score (nSPS) is 21.3. The molecule has 1 heterocycles. The van der Waals surface area contributed by atoms with Crippen molar-refractivity contribution < 1.29 is 14.7 Å². The lowest BCUT2D eigenvalue weighted by Crippen LogP contribution is -2.45. The molecule has 1 fully saturated rings. The number of imide groups is 1. The number of carbonyl (C=O) groups excluding carboxylic acids is 2. The molecule has 0 bridgehead atoms. The Labute approximate surface area is 88.6 Å². The number of aliphatic hydroxyl groups is 1. The van der Waals surface area contributed by atoms with E-state index in [4.69, 9.17) is 5.11 Å². The summed E-state index contributed by atoms with van der Waals surface area (Å²) in [5.41, 5.74) is 0. The van der Waals surface area contributed by atoms with Gasteiger partial charge in [-0.3, -0.25) is 15.0 Å². The zero-order valence-corrected chi connectivity index (χ0v) is 8.82. The van der Waals surface area contributed by atoms with Crippen LogP contribution < -0.4 is 10.6 Å². The number of nitrogens with one attached hydrogen (secondary N) is 2. The molecule has 0 radical (unpaired) electrons. The van der Waals surface area contributed by atoms with Gasteiger partial charge in [0.2, 0.25) is 5.91 Å². The molecule has 1 rings (SSSR count). The summed E-state index contributed by atoms with van der Waals surface area (Å²) in [6.07, 6.45) is 1.89. The Kier molecular flexibility index (Phi) is 4.51. The molecule has 3 N–H and O–H groups in total. The maximum atomic E-state index is 11.3. The van der Waals surface area contributed by atoms with Crippen molar-refractivity contribution in [3.05, 3.63) is 0 Å². The summed E-state index contributed by atoms with van der Waals surface area (Å²) in [4.78, 5) is 24.1. The van der Waals surface area contributed by atoms with Crippen LogP contribution in [0.1, 0.15) is 12.8 Å². The number of likely N-dealkylation sites (tertiary alicyclic amines) is 1. The molecule has 6 nitrogen and oxygen atoms in total. The molecule has 0 saturated carbocycles. The molecule has 15 heavy (non-hydrogen) atoms. The van der Waals surface area contributed by atoms with Gasteiger partial charge < -0.3 is 10.4 Å². The van der Waals surface area contributed by atoms with Gasteiger partial charge in [-0.05, 0) is 19.4 Å². The molecule has 1 aliphatic rings. The Bertz CT molecular complexity index is 245. The lowest BCUT2D eigenvalue weighted by molar-refractivity contribution is -0.121. The summed E-state index contributed by atoms with van der Waals surface area (Å²) in [6, 6.07) is -0.444. The lowest BCUT2D eigenvalue weighted by atomic mass is 10.2. The lowest BCUT2D eigenvalue weighted by Gasteiger charge is -2.21. The molecule has 0 aromatic heterocycles. The molecular formula is C9H17N3O3. The summed E-state index contributed by atoms with van der Waals surface area (Å²) in [6.45, 7) is 1.03. The zero-order chi connectivity index (χ0) is 11.3. The van der Waals surface area contributed by atoms with Gasteiger partial charge in [-0.25, -0.2) is 4.79 Å². The molecular weight excluding hydrogens is 198 g/mol. The maximum absolute atomic E-state index is 11.3. The summed E-state index contributed by atoms with van der Waals surface area (Å²) >= 11 is 0.